The molecule has 1 atom stereocenters. The van der Waals surface area contributed by atoms with Crippen LogP contribution in [-0.2, 0) is 16.0 Å². The number of carboxylic acids is 1. The first kappa shape index (κ1) is 15.3. The predicted octanol–water partition coefficient (Wildman–Crippen LogP) is 0.513. The van der Waals surface area contributed by atoms with E-state index in [1.54, 1.807) is 7.11 Å². The number of benzene rings is 1. The molecule has 1 fully saturated rings. The second-order valence-electron chi connectivity index (χ2n) is 4.99. The van der Waals surface area contributed by atoms with Gasteiger partial charge < -0.3 is 20.1 Å². The van der Waals surface area contributed by atoms with Crippen molar-refractivity contribution in [2.75, 3.05) is 26.7 Å². The molecular weight excluding hydrogens is 272 g/mol. The maximum absolute atomic E-state index is 12.2. The lowest BCUT2D eigenvalue weighted by atomic mass is 10.1. The molecule has 6 heteroatoms. The summed E-state index contributed by atoms with van der Waals surface area (Å²) in [5.41, 5.74) is 1.03. The van der Waals surface area contributed by atoms with Crippen LogP contribution in [0.15, 0.2) is 24.3 Å². The molecule has 1 saturated heterocycles. The number of nitrogens with one attached hydrogen (secondary N) is 1. The number of carbonyl (C=O) groups excluding carboxylic acids is 1. The first-order chi connectivity index (χ1) is 10.1. The number of hydrogen-bond donors (Lipinski definition) is 2. The Morgan fingerprint density at radius 3 is 2.71 bits per heavy atom. The third-order valence-corrected chi connectivity index (χ3v) is 3.64. The number of aliphatic carboxylic acids is 1. The van der Waals surface area contributed by atoms with Gasteiger partial charge in [-0.1, -0.05) is 12.1 Å². The summed E-state index contributed by atoms with van der Waals surface area (Å²) in [6.07, 6.45) is 0.912. The largest absolute Gasteiger partial charge is 0.497 e. The van der Waals surface area contributed by atoms with Crippen LogP contribution in [0.5, 0.6) is 5.75 Å². The zero-order chi connectivity index (χ0) is 15.2. The van der Waals surface area contributed by atoms with Crippen molar-refractivity contribution in [3.05, 3.63) is 29.8 Å². The van der Waals surface area contributed by atoms with Gasteiger partial charge in [0.05, 0.1) is 7.11 Å². The minimum atomic E-state index is -0.958. The van der Waals surface area contributed by atoms with Crippen LogP contribution in [0, 0.1) is 0 Å². The maximum atomic E-state index is 12.2. The summed E-state index contributed by atoms with van der Waals surface area (Å²) < 4.78 is 5.08. The monoisotopic (exact) mass is 292 g/mol. The molecule has 1 aliphatic rings. The van der Waals surface area contributed by atoms with Crippen molar-refractivity contribution in [3.63, 3.8) is 0 Å². The van der Waals surface area contributed by atoms with Gasteiger partial charge in [-0.2, -0.15) is 0 Å². The van der Waals surface area contributed by atoms with E-state index >= 15 is 0 Å². The molecule has 0 aromatic heterocycles. The van der Waals surface area contributed by atoms with E-state index < -0.39 is 12.0 Å². The highest BCUT2D eigenvalue weighted by Gasteiger charge is 2.31. The van der Waals surface area contributed by atoms with Gasteiger partial charge in [-0.05, 0) is 24.1 Å². The topological polar surface area (TPSA) is 78.9 Å². The molecule has 0 spiro atoms. The number of ether oxygens (including phenoxy) is 1. The number of amides is 1. The molecule has 0 aliphatic carbocycles. The van der Waals surface area contributed by atoms with Crippen LogP contribution in [0.3, 0.4) is 0 Å². The standard InChI is InChI=1S/C15H20N2O4/c1-21-12-5-2-11(3-6-12)4-7-14(18)17-9-8-16-10-13(17)15(19)20/h2-3,5-6,13,16H,4,7-10H2,1H3,(H,19,20). The van der Waals surface area contributed by atoms with Crippen molar-refractivity contribution in [2.24, 2.45) is 0 Å². The Bertz CT molecular complexity index is 501. The van der Waals surface area contributed by atoms with Gasteiger partial charge in [-0.3, -0.25) is 4.79 Å². The van der Waals surface area contributed by atoms with Crippen LogP contribution in [0.2, 0.25) is 0 Å². The lowest BCUT2D eigenvalue weighted by Crippen LogP contribution is -2.57. The number of piperazine rings is 1. The second-order valence-corrected chi connectivity index (χ2v) is 4.99. The molecule has 1 aromatic rings. The van der Waals surface area contributed by atoms with E-state index in [0.717, 1.165) is 11.3 Å². The smallest absolute Gasteiger partial charge is 0.327 e. The Balaban J connectivity index is 1.91. The van der Waals surface area contributed by atoms with Crippen molar-refractivity contribution in [1.29, 1.82) is 0 Å². The molecule has 0 radical (unpaired) electrons. The molecule has 114 valence electrons. The molecular formula is C15H20N2O4. The fraction of sp³-hybridized carbons (Fsp3) is 0.467. The third kappa shape index (κ3) is 3.95. The van der Waals surface area contributed by atoms with Crippen molar-refractivity contribution in [1.82, 2.24) is 10.2 Å². The van der Waals surface area contributed by atoms with Crippen molar-refractivity contribution < 1.29 is 19.4 Å². The zero-order valence-corrected chi connectivity index (χ0v) is 12.0. The molecule has 1 amide bonds. The molecule has 1 unspecified atom stereocenters. The lowest BCUT2D eigenvalue weighted by Gasteiger charge is -2.33. The van der Waals surface area contributed by atoms with Gasteiger partial charge in [-0.25, -0.2) is 4.79 Å². The maximum Gasteiger partial charge on any atom is 0.327 e. The lowest BCUT2D eigenvalue weighted by molar-refractivity contribution is -0.151. The number of carboxylic acid groups (broad SMARTS) is 1. The van der Waals surface area contributed by atoms with Gasteiger partial charge in [0.15, 0.2) is 0 Å². The summed E-state index contributed by atoms with van der Waals surface area (Å²) in [6, 6.07) is 6.77. The Morgan fingerprint density at radius 1 is 1.38 bits per heavy atom. The molecule has 2 N–H and O–H groups in total. The van der Waals surface area contributed by atoms with E-state index in [2.05, 4.69) is 5.32 Å². The first-order valence-corrected chi connectivity index (χ1v) is 6.97. The number of methoxy groups -OCH3 is 1. The molecule has 6 nitrogen and oxygen atoms in total. The van der Waals surface area contributed by atoms with Crippen LogP contribution in [0.25, 0.3) is 0 Å². The quantitative estimate of drug-likeness (QED) is 0.827. The molecule has 21 heavy (non-hydrogen) atoms. The van der Waals surface area contributed by atoms with Crippen LogP contribution >= 0.6 is 0 Å². The highest BCUT2D eigenvalue weighted by atomic mass is 16.5. The molecule has 0 saturated carbocycles. The Hall–Kier alpha value is -2.08. The second kappa shape index (κ2) is 7.08. The number of aryl methyl sites for hydroxylation is 1. The third-order valence-electron chi connectivity index (χ3n) is 3.64. The molecule has 1 aromatic carbocycles. The van der Waals surface area contributed by atoms with Gasteiger partial charge >= 0.3 is 5.97 Å². The minimum Gasteiger partial charge on any atom is -0.497 e. The SMILES string of the molecule is COc1ccc(CCC(=O)N2CCNCC2C(=O)O)cc1. The van der Waals surface area contributed by atoms with Gasteiger partial charge in [0, 0.05) is 26.1 Å². The van der Waals surface area contributed by atoms with Crippen molar-refractivity contribution in [2.45, 2.75) is 18.9 Å². The van der Waals surface area contributed by atoms with Gasteiger partial charge in [-0.15, -0.1) is 0 Å². The molecule has 0 bridgehead atoms. The highest BCUT2D eigenvalue weighted by Crippen LogP contribution is 2.14. The number of nitrogens with zero attached hydrogens (tertiary/aromatic N) is 1. The number of carbonyl (C=O) groups is 2. The van der Waals surface area contributed by atoms with E-state index in [-0.39, 0.29) is 5.91 Å². The Morgan fingerprint density at radius 2 is 2.10 bits per heavy atom. The van der Waals surface area contributed by atoms with Crippen LogP contribution < -0.4 is 10.1 Å². The van der Waals surface area contributed by atoms with Crippen molar-refractivity contribution >= 4 is 11.9 Å². The fourth-order valence-electron chi connectivity index (χ4n) is 2.41. The average molecular weight is 292 g/mol. The zero-order valence-electron chi connectivity index (χ0n) is 12.0. The van der Waals surface area contributed by atoms with E-state index in [1.165, 1.54) is 4.90 Å². The number of rotatable bonds is 5. The van der Waals surface area contributed by atoms with Gasteiger partial charge in [0.2, 0.25) is 5.91 Å². The normalized spacial score (nSPS) is 18.3. The van der Waals surface area contributed by atoms with Gasteiger partial charge in [0.1, 0.15) is 11.8 Å². The van der Waals surface area contributed by atoms with E-state index in [1.807, 2.05) is 24.3 Å². The van der Waals surface area contributed by atoms with Crippen LogP contribution in [0.1, 0.15) is 12.0 Å². The summed E-state index contributed by atoms with van der Waals surface area (Å²) in [4.78, 5) is 24.8. The van der Waals surface area contributed by atoms with Gasteiger partial charge in [0.25, 0.3) is 0 Å². The number of hydrogen-bond acceptors (Lipinski definition) is 4. The highest BCUT2D eigenvalue weighted by molar-refractivity contribution is 5.84. The summed E-state index contributed by atoms with van der Waals surface area (Å²) >= 11 is 0. The summed E-state index contributed by atoms with van der Waals surface area (Å²) in [5.74, 6) is -0.294. The Labute approximate surface area is 123 Å². The average Bonchev–Trinajstić information content (AvgIpc) is 2.53. The molecule has 1 aliphatic heterocycles. The van der Waals surface area contributed by atoms with E-state index in [9.17, 15) is 9.59 Å². The first-order valence-electron chi connectivity index (χ1n) is 6.97. The van der Waals surface area contributed by atoms with Crippen LogP contribution in [-0.4, -0.2) is 54.7 Å². The molecule has 2 rings (SSSR count). The fourth-order valence-corrected chi connectivity index (χ4v) is 2.41. The van der Waals surface area contributed by atoms with E-state index in [0.29, 0.717) is 32.5 Å². The summed E-state index contributed by atoms with van der Waals surface area (Å²) in [7, 11) is 1.61. The summed E-state index contributed by atoms with van der Waals surface area (Å²) in [5, 5.41) is 12.2. The van der Waals surface area contributed by atoms with Crippen LogP contribution in [0.4, 0.5) is 0 Å². The summed E-state index contributed by atoms with van der Waals surface area (Å²) in [6.45, 7) is 1.39. The minimum absolute atomic E-state index is 0.111. The molecule has 1 heterocycles. The van der Waals surface area contributed by atoms with E-state index in [4.69, 9.17) is 9.84 Å². The Kier molecular flexibility index (Phi) is 5.16. The predicted molar refractivity (Wildman–Crippen MR) is 77.3 cm³/mol. The van der Waals surface area contributed by atoms with Crippen molar-refractivity contribution in [3.8, 4) is 5.75 Å².